The third kappa shape index (κ3) is 6.16. The Bertz CT molecular complexity index is 901. The van der Waals surface area contributed by atoms with Crippen LogP contribution in [0.5, 0.6) is 23.0 Å². The minimum absolute atomic E-state index is 0.469. The topological polar surface area (TPSA) is 92.3 Å². The minimum atomic E-state index is -1.00. The number of hydrogen-bond donors (Lipinski definition) is 1. The van der Waals surface area contributed by atoms with E-state index in [4.69, 9.17) is 23.7 Å². The van der Waals surface area contributed by atoms with Gasteiger partial charge in [-0.25, -0.2) is 4.79 Å². The van der Waals surface area contributed by atoms with Gasteiger partial charge in [-0.3, -0.25) is 4.79 Å². The predicted molar refractivity (Wildman–Crippen MR) is 112 cm³/mol. The molecule has 30 heavy (non-hydrogen) atoms. The fourth-order valence-electron chi connectivity index (χ4n) is 2.51. The molecule has 0 spiro atoms. The molecule has 0 aliphatic rings. The highest BCUT2D eigenvalue weighted by Gasteiger charge is 2.17. The predicted octanol–water partition coefficient (Wildman–Crippen LogP) is 3.30. The van der Waals surface area contributed by atoms with Crippen molar-refractivity contribution in [1.29, 1.82) is 0 Å². The zero-order valence-electron chi connectivity index (χ0n) is 17.6. The Balaban J connectivity index is 1.98. The van der Waals surface area contributed by atoms with Gasteiger partial charge in [-0.2, -0.15) is 0 Å². The van der Waals surface area contributed by atoms with Crippen LogP contribution < -0.4 is 24.3 Å². The summed E-state index contributed by atoms with van der Waals surface area (Å²) in [7, 11) is 6.09. The number of hydrogen-bond acceptors (Lipinski definition) is 7. The van der Waals surface area contributed by atoms with Crippen molar-refractivity contribution in [2.24, 2.45) is 0 Å². The molecule has 160 valence electrons. The number of nitrogens with one attached hydrogen (secondary N) is 1. The zero-order chi connectivity index (χ0) is 22.1. The quantitative estimate of drug-likeness (QED) is 0.496. The smallest absolute Gasteiger partial charge is 0.331 e. The van der Waals surface area contributed by atoms with Crippen LogP contribution in [0.2, 0.25) is 0 Å². The van der Waals surface area contributed by atoms with Crippen LogP contribution in [0.4, 0.5) is 5.69 Å². The number of amides is 1. The van der Waals surface area contributed by atoms with Crippen LogP contribution in [0, 0.1) is 0 Å². The lowest BCUT2D eigenvalue weighted by atomic mass is 10.2. The summed E-state index contributed by atoms with van der Waals surface area (Å²) in [4.78, 5) is 24.4. The molecule has 8 nitrogen and oxygen atoms in total. The Hall–Kier alpha value is -3.68. The van der Waals surface area contributed by atoms with Crippen molar-refractivity contribution in [3.05, 3.63) is 48.0 Å². The van der Waals surface area contributed by atoms with Crippen molar-refractivity contribution in [1.82, 2.24) is 0 Å². The highest BCUT2D eigenvalue weighted by atomic mass is 16.5. The molecule has 0 fully saturated rings. The van der Waals surface area contributed by atoms with Gasteiger partial charge < -0.3 is 29.0 Å². The van der Waals surface area contributed by atoms with E-state index in [9.17, 15) is 9.59 Å². The van der Waals surface area contributed by atoms with Crippen LogP contribution in [0.15, 0.2) is 42.5 Å². The van der Waals surface area contributed by atoms with E-state index in [1.165, 1.54) is 41.4 Å². The number of esters is 1. The Kier molecular flexibility index (Phi) is 8.10. The van der Waals surface area contributed by atoms with Crippen molar-refractivity contribution in [2.45, 2.75) is 13.0 Å². The molecule has 2 aromatic carbocycles. The van der Waals surface area contributed by atoms with Crippen molar-refractivity contribution >= 4 is 23.6 Å². The second kappa shape index (κ2) is 10.8. The fraction of sp³-hybridized carbons (Fsp3) is 0.273. The molecule has 0 aliphatic heterocycles. The second-order valence-corrected chi connectivity index (χ2v) is 6.12. The van der Waals surface area contributed by atoms with Crippen molar-refractivity contribution in [2.75, 3.05) is 33.8 Å². The van der Waals surface area contributed by atoms with Crippen LogP contribution in [-0.2, 0) is 14.3 Å². The van der Waals surface area contributed by atoms with Gasteiger partial charge in [0, 0.05) is 23.9 Å². The molecule has 0 bridgehead atoms. The minimum Gasteiger partial charge on any atom is -0.497 e. The molecule has 1 N–H and O–H groups in total. The molecule has 1 amide bonds. The van der Waals surface area contributed by atoms with E-state index in [2.05, 4.69) is 5.32 Å². The number of anilines is 1. The van der Waals surface area contributed by atoms with Gasteiger partial charge in [0.1, 0.15) is 11.5 Å². The summed E-state index contributed by atoms with van der Waals surface area (Å²) in [6.45, 7) is 1.48. The van der Waals surface area contributed by atoms with Crippen LogP contribution >= 0.6 is 0 Å². The highest BCUT2D eigenvalue weighted by molar-refractivity contribution is 5.96. The lowest BCUT2D eigenvalue weighted by Gasteiger charge is -2.14. The lowest BCUT2D eigenvalue weighted by molar-refractivity contribution is -0.148. The zero-order valence-corrected chi connectivity index (χ0v) is 17.6. The van der Waals surface area contributed by atoms with Crippen LogP contribution in [0.1, 0.15) is 12.5 Å². The maximum absolute atomic E-state index is 12.3. The van der Waals surface area contributed by atoms with Crippen molar-refractivity contribution in [3.63, 3.8) is 0 Å². The number of carbonyl (C=O) groups is 2. The van der Waals surface area contributed by atoms with Gasteiger partial charge >= 0.3 is 5.97 Å². The maximum atomic E-state index is 12.3. The largest absolute Gasteiger partial charge is 0.497 e. The Morgan fingerprint density at radius 2 is 1.50 bits per heavy atom. The van der Waals surface area contributed by atoms with Gasteiger partial charge in [0.05, 0.1) is 28.4 Å². The summed E-state index contributed by atoms with van der Waals surface area (Å²) in [5.41, 5.74) is 1.17. The molecular weight excluding hydrogens is 390 g/mol. The first kappa shape index (κ1) is 22.6. The molecule has 2 aromatic rings. The summed E-state index contributed by atoms with van der Waals surface area (Å²) in [5, 5.41) is 2.67. The summed E-state index contributed by atoms with van der Waals surface area (Å²) in [5.74, 6) is 1.04. The van der Waals surface area contributed by atoms with E-state index < -0.39 is 18.0 Å². The molecule has 1 atom stereocenters. The molecule has 0 saturated carbocycles. The van der Waals surface area contributed by atoms with Gasteiger partial charge in [-0.05, 0) is 42.8 Å². The second-order valence-electron chi connectivity index (χ2n) is 6.12. The van der Waals surface area contributed by atoms with E-state index in [-0.39, 0.29) is 0 Å². The van der Waals surface area contributed by atoms with Crippen molar-refractivity contribution in [3.8, 4) is 23.0 Å². The first-order valence-corrected chi connectivity index (χ1v) is 9.04. The average molecular weight is 415 g/mol. The Morgan fingerprint density at radius 1 is 0.867 bits per heavy atom. The summed E-state index contributed by atoms with van der Waals surface area (Å²) in [6, 6.07) is 10.1. The molecule has 0 radical (unpaired) electrons. The van der Waals surface area contributed by atoms with E-state index in [0.29, 0.717) is 34.2 Å². The van der Waals surface area contributed by atoms with Gasteiger partial charge in [-0.15, -0.1) is 0 Å². The van der Waals surface area contributed by atoms with E-state index >= 15 is 0 Å². The molecule has 0 aliphatic carbocycles. The SMILES string of the molecule is COc1cc(/C=C/C(=O)O[C@@H](C)C(=O)Nc2ccc(OC)c(OC)c2)cc(OC)c1. The molecular formula is C22H25NO7. The number of carbonyl (C=O) groups excluding carboxylic acids is 2. The van der Waals surface area contributed by atoms with Gasteiger partial charge in [0.15, 0.2) is 17.6 Å². The monoisotopic (exact) mass is 415 g/mol. The van der Waals surface area contributed by atoms with E-state index in [1.807, 2.05) is 0 Å². The molecule has 2 rings (SSSR count). The molecule has 8 heteroatoms. The fourth-order valence-corrected chi connectivity index (χ4v) is 2.51. The average Bonchev–Trinajstić information content (AvgIpc) is 2.77. The summed E-state index contributed by atoms with van der Waals surface area (Å²) < 4.78 is 25.9. The van der Waals surface area contributed by atoms with Gasteiger partial charge in [0.2, 0.25) is 0 Å². The van der Waals surface area contributed by atoms with E-state index in [0.717, 1.165) is 0 Å². The number of rotatable bonds is 9. The maximum Gasteiger partial charge on any atom is 0.331 e. The van der Waals surface area contributed by atoms with Gasteiger partial charge in [-0.1, -0.05) is 0 Å². The Labute approximate surface area is 175 Å². The number of benzene rings is 2. The van der Waals surface area contributed by atoms with Crippen LogP contribution in [0.3, 0.4) is 0 Å². The van der Waals surface area contributed by atoms with Crippen LogP contribution in [0.25, 0.3) is 6.08 Å². The highest BCUT2D eigenvalue weighted by Crippen LogP contribution is 2.29. The standard InChI is InChI=1S/C22H25NO7/c1-14(22(25)23-16-7-8-19(28-4)20(12-16)29-5)30-21(24)9-6-15-10-17(26-2)13-18(11-15)27-3/h6-14H,1-5H3,(H,23,25)/b9-6+/t14-/m0/s1. The first-order valence-electron chi connectivity index (χ1n) is 9.04. The third-order valence-corrected chi connectivity index (χ3v) is 4.10. The lowest BCUT2D eigenvalue weighted by Crippen LogP contribution is -2.29. The summed E-state index contributed by atoms with van der Waals surface area (Å²) in [6.07, 6.45) is 1.77. The molecule has 0 saturated heterocycles. The van der Waals surface area contributed by atoms with Crippen molar-refractivity contribution < 1.29 is 33.3 Å². The third-order valence-electron chi connectivity index (χ3n) is 4.10. The van der Waals surface area contributed by atoms with Gasteiger partial charge in [0.25, 0.3) is 5.91 Å². The molecule has 0 aromatic heterocycles. The van der Waals surface area contributed by atoms with E-state index in [1.54, 1.807) is 42.5 Å². The Morgan fingerprint density at radius 3 is 2.07 bits per heavy atom. The summed E-state index contributed by atoms with van der Waals surface area (Å²) >= 11 is 0. The molecule has 0 unspecified atom stereocenters. The molecule has 0 heterocycles. The number of methoxy groups -OCH3 is 4. The van der Waals surface area contributed by atoms with Crippen LogP contribution in [-0.4, -0.2) is 46.4 Å². The first-order chi connectivity index (χ1) is 14.4. The normalized spacial score (nSPS) is 11.5. The number of ether oxygens (including phenoxy) is 5.